The minimum Gasteiger partial charge on any atom is -0.362 e. The van der Waals surface area contributed by atoms with Gasteiger partial charge in [-0.1, -0.05) is 30.8 Å². The van der Waals surface area contributed by atoms with Gasteiger partial charge in [0.15, 0.2) is 5.17 Å². The summed E-state index contributed by atoms with van der Waals surface area (Å²) in [7, 11) is 0. The molecule has 2 atom stereocenters. The number of nitrogens with zero attached hydrogens (tertiary/aromatic N) is 2. The van der Waals surface area contributed by atoms with Crippen LogP contribution in [0.3, 0.4) is 0 Å². The van der Waals surface area contributed by atoms with Crippen LogP contribution in [0.4, 0.5) is 0 Å². The Morgan fingerprint density at radius 2 is 2.33 bits per heavy atom. The zero-order valence-electron chi connectivity index (χ0n) is 10.7. The van der Waals surface area contributed by atoms with Gasteiger partial charge in [0.05, 0.1) is 18.2 Å². The molecule has 1 aliphatic rings. The van der Waals surface area contributed by atoms with Crippen molar-refractivity contribution in [2.24, 2.45) is 10.9 Å². The van der Waals surface area contributed by atoms with Gasteiger partial charge in [0.2, 0.25) is 0 Å². The number of thioether (sulfide) groups is 1. The van der Waals surface area contributed by atoms with E-state index in [1.54, 1.807) is 11.8 Å². The van der Waals surface area contributed by atoms with Gasteiger partial charge in [-0.3, -0.25) is 4.99 Å². The summed E-state index contributed by atoms with van der Waals surface area (Å²) in [5, 5.41) is 13.3. The van der Waals surface area contributed by atoms with Gasteiger partial charge < -0.3 is 5.32 Å². The molecule has 0 radical (unpaired) electrons. The Bertz CT molecular complexity index is 490. The van der Waals surface area contributed by atoms with Crippen molar-refractivity contribution in [1.82, 2.24) is 5.32 Å². The molecule has 1 fully saturated rings. The van der Waals surface area contributed by atoms with Crippen molar-refractivity contribution in [3.8, 4) is 6.07 Å². The molecule has 94 valence electrons. The van der Waals surface area contributed by atoms with E-state index in [9.17, 15) is 0 Å². The Balaban J connectivity index is 2.00. The molecule has 0 aliphatic carbocycles. The first-order valence-corrected chi connectivity index (χ1v) is 7.10. The quantitative estimate of drug-likeness (QED) is 0.888. The molecule has 4 heteroatoms. The molecule has 2 rings (SSSR count). The van der Waals surface area contributed by atoms with Crippen LogP contribution in [0.2, 0.25) is 0 Å². The first kappa shape index (κ1) is 13.0. The third-order valence-corrected chi connectivity index (χ3v) is 4.36. The van der Waals surface area contributed by atoms with Crippen LogP contribution in [0.5, 0.6) is 0 Å². The summed E-state index contributed by atoms with van der Waals surface area (Å²) in [5.41, 5.74) is 1.77. The molecule has 2 unspecified atom stereocenters. The van der Waals surface area contributed by atoms with Crippen molar-refractivity contribution in [3.63, 3.8) is 0 Å². The molecule has 0 spiro atoms. The van der Waals surface area contributed by atoms with E-state index in [0.29, 0.717) is 24.1 Å². The van der Waals surface area contributed by atoms with Crippen LogP contribution >= 0.6 is 11.8 Å². The fourth-order valence-corrected chi connectivity index (χ4v) is 2.86. The number of nitriles is 1. The van der Waals surface area contributed by atoms with Gasteiger partial charge in [0.1, 0.15) is 0 Å². The normalized spacial score (nSPS) is 25.5. The molecule has 0 saturated carbocycles. The van der Waals surface area contributed by atoms with Crippen LogP contribution in [-0.2, 0) is 6.54 Å². The maximum atomic E-state index is 8.84. The van der Waals surface area contributed by atoms with E-state index in [0.717, 1.165) is 16.5 Å². The molecule has 1 aromatic rings. The van der Waals surface area contributed by atoms with Crippen LogP contribution in [0.15, 0.2) is 29.3 Å². The van der Waals surface area contributed by atoms with Crippen molar-refractivity contribution in [2.75, 3.05) is 5.75 Å². The largest absolute Gasteiger partial charge is 0.362 e. The molecular weight excluding hydrogens is 242 g/mol. The van der Waals surface area contributed by atoms with E-state index in [-0.39, 0.29) is 0 Å². The molecule has 1 aliphatic heterocycles. The second-order valence-electron chi connectivity index (χ2n) is 4.65. The van der Waals surface area contributed by atoms with Crippen LogP contribution in [0, 0.1) is 17.2 Å². The first-order chi connectivity index (χ1) is 8.69. The highest BCUT2D eigenvalue weighted by molar-refractivity contribution is 8.13. The summed E-state index contributed by atoms with van der Waals surface area (Å²) in [6.45, 7) is 5.07. The van der Waals surface area contributed by atoms with Crippen LogP contribution < -0.4 is 5.32 Å². The number of rotatable bonds is 2. The molecule has 0 amide bonds. The van der Waals surface area contributed by atoms with Gasteiger partial charge in [0, 0.05) is 11.8 Å². The molecule has 0 bridgehead atoms. The molecule has 1 N–H and O–H groups in total. The summed E-state index contributed by atoms with van der Waals surface area (Å²) in [4.78, 5) is 4.57. The first-order valence-electron chi connectivity index (χ1n) is 6.12. The number of hydrogen-bond acceptors (Lipinski definition) is 3. The van der Waals surface area contributed by atoms with E-state index in [2.05, 4.69) is 30.2 Å². The Morgan fingerprint density at radius 3 is 3.06 bits per heavy atom. The van der Waals surface area contributed by atoms with E-state index in [1.807, 2.05) is 24.3 Å². The van der Waals surface area contributed by atoms with Crippen LogP contribution in [0.25, 0.3) is 0 Å². The van der Waals surface area contributed by atoms with Crippen LogP contribution in [-0.4, -0.2) is 17.0 Å². The van der Waals surface area contributed by atoms with Crippen molar-refractivity contribution >= 4 is 16.9 Å². The van der Waals surface area contributed by atoms with Gasteiger partial charge >= 0.3 is 0 Å². The SMILES string of the molecule is CC1CSC(=NCc2cccc(C#N)c2)NC1C. The Kier molecular flexibility index (Phi) is 4.27. The second-order valence-corrected chi connectivity index (χ2v) is 5.66. The second kappa shape index (κ2) is 5.92. The van der Waals surface area contributed by atoms with Gasteiger partial charge in [0.25, 0.3) is 0 Å². The molecule has 1 aromatic carbocycles. The van der Waals surface area contributed by atoms with Crippen molar-refractivity contribution in [1.29, 1.82) is 5.26 Å². The standard InChI is InChI=1S/C14H17N3S/c1-10-9-18-14(17-11(10)2)16-8-13-5-3-4-12(6-13)7-15/h3-6,10-11H,8-9H2,1-2H3,(H,16,17). The highest BCUT2D eigenvalue weighted by Crippen LogP contribution is 2.19. The van der Waals surface area contributed by atoms with E-state index >= 15 is 0 Å². The average Bonchev–Trinajstić information content (AvgIpc) is 2.40. The Hall–Kier alpha value is -1.47. The predicted octanol–water partition coefficient (Wildman–Crippen LogP) is 2.78. The lowest BCUT2D eigenvalue weighted by Gasteiger charge is -2.28. The number of nitrogens with one attached hydrogen (secondary N) is 1. The molecule has 3 nitrogen and oxygen atoms in total. The summed E-state index contributed by atoms with van der Waals surface area (Å²) in [6.07, 6.45) is 0. The number of hydrogen-bond donors (Lipinski definition) is 1. The monoisotopic (exact) mass is 259 g/mol. The Morgan fingerprint density at radius 1 is 1.50 bits per heavy atom. The van der Waals surface area contributed by atoms with Gasteiger partial charge in [-0.2, -0.15) is 5.26 Å². The molecule has 1 saturated heterocycles. The fraction of sp³-hybridized carbons (Fsp3) is 0.429. The molecule has 1 heterocycles. The smallest absolute Gasteiger partial charge is 0.157 e. The summed E-state index contributed by atoms with van der Waals surface area (Å²) in [5.74, 6) is 1.79. The zero-order chi connectivity index (χ0) is 13.0. The van der Waals surface area contributed by atoms with Gasteiger partial charge in [-0.15, -0.1) is 0 Å². The minimum atomic E-state index is 0.482. The van der Waals surface area contributed by atoms with Crippen molar-refractivity contribution in [2.45, 2.75) is 26.4 Å². The van der Waals surface area contributed by atoms with Crippen molar-refractivity contribution < 1.29 is 0 Å². The topological polar surface area (TPSA) is 48.2 Å². The Labute approximate surface area is 112 Å². The van der Waals surface area contributed by atoms with Gasteiger partial charge in [-0.25, -0.2) is 0 Å². The third kappa shape index (κ3) is 3.27. The van der Waals surface area contributed by atoms with E-state index < -0.39 is 0 Å². The summed E-state index contributed by atoms with van der Waals surface area (Å²) in [6, 6.07) is 10.2. The predicted molar refractivity (Wildman–Crippen MR) is 76.5 cm³/mol. The number of benzene rings is 1. The lowest BCUT2D eigenvalue weighted by molar-refractivity contribution is 0.490. The van der Waals surface area contributed by atoms with Gasteiger partial charge in [-0.05, 0) is 30.5 Å². The number of aliphatic imine (C=N–C) groups is 1. The highest BCUT2D eigenvalue weighted by atomic mass is 32.2. The van der Waals surface area contributed by atoms with E-state index in [4.69, 9.17) is 5.26 Å². The van der Waals surface area contributed by atoms with Crippen LogP contribution in [0.1, 0.15) is 25.0 Å². The van der Waals surface area contributed by atoms with E-state index in [1.165, 1.54) is 0 Å². The lowest BCUT2D eigenvalue weighted by Crippen LogP contribution is -2.41. The molecule has 0 aromatic heterocycles. The maximum Gasteiger partial charge on any atom is 0.157 e. The average molecular weight is 259 g/mol. The van der Waals surface area contributed by atoms with Crippen molar-refractivity contribution in [3.05, 3.63) is 35.4 Å². The number of amidine groups is 1. The third-order valence-electron chi connectivity index (χ3n) is 3.15. The summed E-state index contributed by atoms with van der Waals surface area (Å²) < 4.78 is 0. The molecule has 18 heavy (non-hydrogen) atoms. The maximum absolute atomic E-state index is 8.84. The lowest BCUT2D eigenvalue weighted by atomic mass is 10.1. The minimum absolute atomic E-state index is 0.482. The highest BCUT2D eigenvalue weighted by Gasteiger charge is 2.20. The fourth-order valence-electron chi connectivity index (χ4n) is 1.73. The zero-order valence-corrected chi connectivity index (χ0v) is 11.5. The molecular formula is C14H17N3S. The summed E-state index contributed by atoms with van der Waals surface area (Å²) >= 11 is 1.78.